The molecule has 0 radical (unpaired) electrons. The number of amides is 1. The second kappa shape index (κ2) is 7.23. The Morgan fingerprint density at radius 1 is 1.24 bits per heavy atom. The fourth-order valence-corrected chi connectivity index (χ4v) is 2.21. The molecule has 2 rings (SSSR count). The zero-order chi connectivity index (χ0) is 15.2. The van der Waals surface area contributed by atoms with Crippen LogP contribution in [0.25, 0.3) is 0 Å². The number of nitrogens with one attached hydrogen (secondary N) is 1. The smallest absolute Gasteiger partial charge is 0.233 e. The molecule has 1 heterocycles. The van der Waals surface area contributed by atoms with E-state index in [0.29, 0.717) is 5.02 Å². The van der Waals surface area contributed by atoms with E-state index in [0.717, 1.165) is 17.7 Å². The number of halogens is 1. The fourth-order valence-electron chi connectivity index (χ4n) is 2.09. The van der Waals surface area contributed by atoms with E-state index < -0.39 is 5.92 Å². The minimum absolute atomic E-state index is 0.0367. The molecule has 0 aliphatic carbocycles. The van der Waals surface area contributed by atoms with Crippen LogP contribution in [0.1, 0.15) is 37.4 Å². The molecule has 1 aromatic carbocycles. The standard InChI is InChI=1S/C17H19ClN2O/c1-3-12(2)20-17(21)16(15-6-4-5-11-19-15)13-7-9-14(18)10-8-13/h4-12,16H,3H2,1-2H3,(H,20,21). The molecule has 3 nitrogen and oxygen atoms in total. The molecule has 4 heteroatoms. The predicted molar refractivity (Wildman–Crippen MR) is 85.4 cm³/mol. The summed E-state index contributed by atoms with van der Waals surface area (Å²) < 4.78 is 0. The maximum Gasteiger partial charge on any atom is 0.233 e. The highest BCUT2D eigenvalue weighted by Gasteiger charge is 2.24. The number of carbonyl (C=O) groups is 1. The molecule has 2 atom stereocenters. The van der Waals surface area contributed by atoms with Gasteiger partial charge in [-0.1, -0.05) is 36.7 Å². The van der Waals surface area contributed by atoms with E-state index in [2.05, 4.69) is 10.3 Å². The van der Waals surface area contributed by atoms with Crippen molar-refractivity contribution >= 4 is 17.5 Å². The highest BCUT2D eigenvalue weighted by molar-refractivity contribution is 6.30. The lowest BCUT2D eigenvalue weighted by Crippen LogP contribution is -2.36. The Hall–Kier alpha value is -1.87. The van der Waals surface area contributed by atoms with Crippen LogP contribution < -0.4 is 5.32 Å². The lowest BCUT2D eigenvalue weighted by atomic mass is 9.94. The van der Waals surface area contributed by atoms with Crippen molar-refractivity contribution in [3.05, 3.63) is 64.9 Å². The van der Waals surface area contributed by atoms with Gasteiger partial charge in [-0.25, -0.2) is 0 Å². The number of benzene rings is 1. The van der Waals surface area contributed by atoms with Crippen molar-refractivity contribution in [3.8, 4) is 0 Å². The Kier molecular flexibility index (Phi) is 5.34. The zero-order valence-electron chi connectivity index (χ0n) is 12.2. The maximum absolute atomic E-state index is 12.6. The van der Waals surface area contributed by atoms with Gasteiger partial charge >= 0.3 is 0 Å². The van der Waals surface area contributed by atoms with Crippen LogP contribution in [-0.2, 0) is 4.79 Å². The Balaban J connectivity index is 2.35. The Labute approximate surface area is 130 Å². The molecule has 110 valence electrons. The first-order valence-electron chi connectivity index (χ1n) is 7.08. The molecule has 1 amide bonds. The first-order chi connectivity index (χ1) is 10.1. The van der Waals surface area contributed by atoms with E-state index in [9.17, 15) is 4.79 Å². The van der Waals surface area contributed by atoms with Crippen LogP contribution in [-0.4, -0.2) is 16.9 Å². The second-order valence-electron chi connectivity index (χ2n) is 5.06. The first-order valence-corrected chi connectivity index (χ1v) is 7.46. The minimum atomic E-state index is -0.419. The Morgan fingerprint density at radius 2 is 1.95 bits per heavy atom. The lowest BCUT2D eigenvalue weighted by molar-refractivity contribution is -0.122. The van der Waals surface area contributed by atoms with Crippen LogP contribution in [0.5, 0.6) is 0 Å². The van der Waals surface area contributed by atoms with Crippen LogP contribution in [0.4, 0.5) is 0 Å². The van der Waals surface area contributed by atoms with Gasteiger partial charge in [0.15, 0.2) is 0 Å². The van der Waals surface area contributed by atoms with Crippen molar-refractivity contribution < 1.29 is 4.79 Å². The summed E-state index contributed by atoms with van der Waals surface area (Å²) >= 11 is 5.93. The fraction of sp³-hybridized carbons (Fsp3) is 0.294. The second-order valence-corrected chi connectivity index (χ2v) is 5.49. The van der Waals surface area contributed by atoms with Gasteiger partial charge in [-0.15, -0.1) is 0 Å². The normalized spacial score (nSPS) is 13.5. The number of carbonyl (C=O) groups excluding carboxylic acids is 1. The Bertz CT molecular complexity index is 583. The number of pyridine rings is 1. The summed E-state index contributed by atoms with van der Waals surface area (Å²) in [6.45, 7) is 4.04. The predicted octanol–water partition coefficient (Wildman–Crippen LogP) is 3.78. The molecule has 0 fully saturated rings. The third kappa shape index (κ3) is 4.05. The SMILES string of the molecule is CCC(C)NC(=O)C(c1ccc(Cl)cc1)c1ccccn1. The van der Waals surface area contributed by atoms with Gasteiger partial charge in [0.05, 0.1) is 5.69 Å². The monoisotopic (exact) mass is 302 g/mol. The van der Waals surface area contributed by atoms with E-state index in [1.807, 2.05) is 44.2 Å². The average Bonchev–Trinajstić information content (AvgIpc) is 2.50. The summed E-state index contributed by atoms with van der Waals surface area (Å²) in [5.41, 5.74) is 1.62. The molecule has 1 N–H and O–H groups in total. The number of aromatic nitrogens is 1. The number of hydrogen-bond donors (Lipinski definition) is 1. The summed E-state index contributed by atoms with van der Waals surface area (Å²) in [5, 5.41) is 3.68. The summed E-state index contributed by atoms with van der Waals surface area (Å²) in [7, 11) is 0. The van der Waals surface area contributed by atoms with Crippen molar-refractivity contribution in [2.24, 2.45) is 0 Å². The molecule has 0 saturated heterocycles. The van der Waals surface area contributed by atoms with Gasteiger partial charge in [-0.05, 0) is 43.2 Å². The summed E-state index contributed by atoms with van der Waals surface area (Å²) in [4.78, 5) is 17.0. The van der Waals surface area contributed by atoms with Gasteiger partial charge < -0.3 is 5.32 Å². The molecule has 0 bridgehead atoms. The van der Waals surface area contributed by atoms with E-state index in [1.165, 1.54) is 0 Å². The lowest BCUT2D eigenvalue weighted by Gasteiger charge is -2.19. The van der Waals surface area contributed by atoms with Crippen LogP contribution >= 0.6 is 11.6 Å². The van der Waals surface area contributed by atoms with Crippen LogP contribution in [0.2, 0.25) is 5.02 Å². The van der Waals surface area contributed by atoms with E-state index >= 15 is 0 Å². The van der Waals surface area contributed by atoms with Gasteiger partial charge in [0.2, 0.25) is 5.91 Å². The van der Waals surface area contributed by atoms with Gasteiger partial charge in [0.1, 0.15) is 5.92 Å². The zero-order valence-corrected chi connectivity index (χ0v) is 13.0. The number of hydrogen-bond acceptors (Lipinski definition) is 2. The summed E-state index contributed by atoms with van der Waals surface area (Å²) in [6, 6.07) is 13.1. The minimum Gasteiger partial charge on any atom is -0.353 e. The third-order valence-electron chi connectivity index (χ3n) is 3.45. The summed E-state index contributed by atoms with van der Waals surface area (Å²) in [6.07, 6.45) is 2.59. The van der Waals surface area contributed by atoms with Crippen LogP contribution in [0.15, 0.2) is 48.7 Å². The maximum atomic E-state index is 12.6. The van der Waals surface area contributed by atoms with Crippen molar-refractivity contribution in [3.63, 3.8) is 0 Å². The van der Waals surface area contributed by atoms with Gasteiger partial charge in [0.25, 0.3) is 0 Å². The van der Waals surface area contributed by atoms with Crippen molar-refractivity contribution in [1.29, 1.82) is 0 Å². The van der Waals surface area contributed by atoms with Gasteiger partial charge in [-0.2, -0.15) is 0 Å². The molecule has 0 spiro atoms. The molecule has 2 aromatic rings. The van der Waals surface area contributed by atoms with Crippen molar-refractivity contribution in [2.75, 3.05) is 0 Å². The van der Waals surface area contributed by atoms with Crippen LogP contribution in [0.3, 0.4) is 0 Å². The van der Waals surface area contributed by atoms with Crippen LogP contribution in [0, 0.1) is 0 Å². The molecule has 2 unspecified atom stereocenters. The van der Waals surface area contributed by atoms with Crippen molar-refractivity contribution in [1.82, 2.24) is 10.3 Å². The molecule has 1 aromatic heterocycles. The van der Waals surface area contributed by atoms with Gasteiger partial charge in [0, 0.05) is 17.3 Å². The van der Waals surface area contributed by atoms with E-state index in [-0.39, 0.29) is 11.9 Å². The molecule has 21 heavy (non-hydrogen) atoms. The van der Waals surface area contributed by atoms with Gasteiger partial charge in [-0.3, -0.25) is 9.78 Å². The summed E-state index contributed by atoms with van der Waals surface area (Å²) in [5.74, 6) is -0.456. The highest BCUT2D eigenvalue weighted by atomic mass is 35.5. The quantitative estimate of drug-likeness (QED) is 0.913. The molecular weight excluding hydrogens is 284 g/mol. The third-order valence-corrected chi connectivity index (χ3v) is 3.70. The van der Waals surface area contributed by atoms with E-state index in [1.54, 1.807) is 18.3 Å². The average molecular weight is 303 g/mol. The largest absolute Gasteiger partial charge is 0.353 e. The number of rotatable bonds is 5. The Morgan fingerprint density at radius 3 is 2.52 bits per heavy atom. The first kappa shape index (κ1) is 15.5. The number of nitrogens with zero attached hydrogens (tertiary/aromatic N) is 1. The molecule has 0 saturated carbocycles. The van der Waals surface area contributed by atoms with Crippen molar-refractivity contribution in [2.45, 2.75) is 32.2 Å². The topological polar surface area (TPSA) is 42.0 Å². The highest BCUT2D eigenvalue weighted by Crippen LogP contribution is 2.25. The molecule has 0 aliphatic rings. The molecule has 0 aliphatic heterocycles. The molecular formula is C17H19ClN2O. The van der Waals surface area contributed by atoms with E-state index in [4.69, 9.17) is 11.6 Å².